The molecule has 1 aromatic heterocycles. The smallest absolute Gasteiger partial charge is 0.335 e. The standard InChI is InChI=1S/C18H12ClFN2O4/c19-12-3-1-11(14(20)8-12)9-22-16-7-10(18(25)26)2-4-13(16)15(21-22)5-6-17(23)24/h1-8H,9H2,(H,23,24)(H,25,26). The minimum absolute atomic E-state index is 0.0312. The molecule has 0 radical (unpaired) electrons. The van der Waals surface area contributed by atoms with Gasteiger partial charge in [0.05, 0.1) is 23.3 Å². The minimum atomic E-state index is -1.14. The third-order valence-electron chi connectivity index (χ3n) is 3.75. The van der Waals surface area contributed by atoms with E-state index in [1.165, 1.54) is 35.0 Å². The van der Waals surface area contributed by atoms with Gasteiger partial charge in [0, 0.05) is 22.0 Å². The molecular weight excluding hydrogens is 363 g/mol. The zero-order valence-electron chi connectivity index (χ0n) is 13.2. The van der Waals surface area contributed by atoms with Crippen LogP contribution in [0.2, 0.25) is 5.02 Å². The molecule has 6 nitrogen and oxygen atoms in total. The first kappa shape index (κ1) is 17.6. The fourth-order valence-corrected chi connectivity index (χ4v) is 2.70. The molecule has 0 atom stereocenters. The molecule has 2 aromatic carbocycles. The number of nitrogens with zero attached hydrogens (tertiary/aromatic N) is 2. The monoisotopic (exact) mass is 374 g/mol. The SMILES string of the molecule is O=C(O)C=Cc1nn(Cc2ccc(Cl)cc2F)c2cc(C(=O)O)ccc12. The van der Waals surface area contributed by atoms with Gasteiger partial charge in [-0.1, -0.05) is 17.7 Å². The molecule has 0 aliphatic rings. The quantitative estimate of drug-likeness (QED) is 0.665. The van der Waals surface area contributed by atoms with Gasteiger partial charge >= 0.3 is 11.9 Å². The third kappa shape index (κ3) is 3.57. The van der Waals surface area contributed by atoms with Gasteiger partial charge < -0.3 is 10.2 Å². The van der Waals surface area contributed by atoms with Crippen LogP contribution in [0, 0.1) is 5.82 Å². The first-order chi connectivity index (χ1) is 12.3. The summed E-state index contributed by atoms with van der Waals surface area (Å²) < 4.78 is 15.5. The molecule has 0 saturated carbocycles. The third-order valence-corrected chi connectivity index (χ3v) is 3.98. The average molecular weight is 375 g/mol. The highest BCUT2D eigenvalue weighted by Gasteiger charge is 2.14. The fraction of sp³-hybridized carbons (Fsp3) is 0.0556. The van der Waals surface area contributed by atoms with E-state index in [4.69, 9.17) is 16.7 Å². The molecule has 0 aliphatic heterocycles. The van der Waals surface area contributed by atoms with E-state index < -0.39 is 17.8 Å². The Labute approximate surface area is 151 Å². The number of benzene rings is 2. The molecule has 26 heavy (non-hydrogen) atoms. The number of carboxylic acid groups (broad SMARTS) is 2. The van der Waals surface area contributed by atoms with Crippen LogP contribution in [0.1, 0.15) is 21.6 Å². The Hall–Kier alpha value is -3.19. The van der Waals surface area contributed by atoms with E-state index in [1.807, 2.05) is 0 Å². The van der Waals surface area contributed by atoms with Crippen molar-refractivity contribution in [3.63, 3.8) is 0 Å². The summed E-state index contributed by atoms with van der Waals surface area (Å²) >= 11 is 5.75. The number of hydrogen-bond acceptors (Lipinski definition) is 3. The summed E-state index contributed by atoms with van der Waals surface area (Å²) in [5.74, 6) is -2.77. The number of fused-ring (bicyclic) bond motifs is 1. The van der Waals surface area contributed by atoms with Crippen LogP contribution in [0.25, 0.3) is 17.0 Å². The van der Waals surface area contributed by atoms with Gasteiger partial charge in [-0.25, -0.2) is 14.0 Å². The van der Waals surface area contributed by atoms with Gasteiger partial charge in [-0.3, -0.25) is 4.68 Å². The number of carbonyl (C=O) groups is 2. The van der Waals surface area contributed by atoms with Crippen molar-refractivity contribution >= 4 is 40.5 Å². The normalized spacial score (nSPS) is 11.3. The van der Waals surface area contributed by atoms with Crippen LogP contribution in [0.3, 0.4) is 0 Å². The number of aromatic carboxylic acids is 1. The Morgan fingerprint density at radius 1 is 1.19 bits per heavy atom. The van der Waals surface area contributed by atoms with Crippen LogP contribution < -0.4 is 0 Å². The van der Waals surface area contributed by atoms with E-state index in [1.54, 1.807) is 12.1 Å². The van der Waals surface area contributed by atoms with Crippen LogP contribution in [0.15, 0.2) is 42.5 Å². The maximum Gasteiger partial charge on any atom is 0.335 e. The summed E-state index contributed by atoms with van der Waals surface area (Å²) in [5, 5.41) is 23.1. The van der Waals surface area contributed by atoms with Crippen molar-refractivity contribution in [1.82, 2.24) is 9.78 Å². The first-order valence-electron chi connectivity index (χ1n) is 7.44. The summed E-state index contributed by atoms with van der Waals surface area (Å²) in [6.45, 7) is 0.0312. The van der Waals surface area contributed by atoms with E-state index in [0.29, 0.717) is 22.2 Å². The van der Waals surface area contributed by atoms with E-state index >= 15 is 0 Å². The molecule has 0 saturated heterocycles. The van der Waals surface area contributed by atoms with Crippen molar-refractivity contribution in [2.45, 2.75) is 6.54 Å². The maximum atomic E-state index is 14.1. The lowest BCUT2D eigenvalue weighted by Crippen LogP contribution is -2.05. The fourth-order valence-electron chi connectivity index (χ4n) is 2.54. The molecule has 8 heteroatoms. The molecule has 0 spiro atoms. The second-order valence-corrected chi connectivity index (χ2v) is 5.92. The first-order valence-corrected chi connectivity index (χ1v) is 7.82. The van der Waals surface area contributed by atoms with Crippen LogP contribution in [-0.4, -0.2) is 31.9 Å². The average Bonchev–Trinajstić information content (AvgIpc) is 2.92. The number of hydrogen-bond donors (Lipinski definition) is 2. The van der Waals surface area contributed by atoms with Crippen LogP contribution in [0.4, 0.5) is 4.39 Å². The molecule has 1 heterocycles. The van der Waals surface area contributed by atoms with E-state index in [2.05, 4.69) is 5.10 Å². The number of carboxylic acids is 2. The number of rotatable bonds is 5. The summed E-state index contributed by atoms with van der Waals surface area (Å²) in [4.78, 5) is 22.0. The molecule has 132 valence electrons. The molecule has 0 bridgehead atoms. The Kier molecular flexibility index (Phi) is 4.73. The number of aliphatic carboxylic acids is 1. The van der Waals surface area contributed by atoms with Gasteiger partial charge in [0.1, 0.15) is 5.82 Å². The Morgan fingerprint density at radius 3 is 2.62 bits per heavy atom. The van der Waals surface area contributed by atoms with Crippen molar-refractivity contribution in [3.05, 3.63) is 70.1 Å². The van der Waals surface area contributed by atoms with Crippen molar-refractivity contribution in [2.24, 2.45) is 0 Å². The summed E-state index contributed by atoms with van der Waals surface area (Å²) in [5.41, 5.74) is 1.15. The zero-order valence-corrected chi connectivity index (χ0v) is 13.9. The minimum Gasteiger partial charge on any atom is -0.478 e. The van der Waals surface area contributed by atoms with Gasteiger partial charge in [0.25, 0.3) is 0 Å². The molecule has 3 rings (SSSR count). The Bertz CT molecular complexity index is 1060. The molecule has 0 aliphatic carbocycles. The van der Waals surface area contributed by atoms with Gasteiger partial charge in [0.2, 0.25) is 0 Å². The predicted octanol–water partition coefficient (Wildman–Crippen LogP) is 3.67. The number of halogens is 2. The van der Waals surface area contributed by atoms with Crippen molar-refractivity contribution in [1.29, 1.82) is 0 Å². The van der Waals surface area contributed by atoms with Crippen molar-refractivity contribution in [3.8, 4) is 0 Å². The molecule has 0 fully saturated rings. The second kappa shape index (κ2) is 6.97. The highest BCUT2D eigenvalue weighted by atomic mass is 35.5. The van der Waals surface area contributed by atoms with Gasteiger partial charge in [0.15, 0.2) is 0 Å². The van der Waals surface area contributed by atoms with Crippen LogP contribution >= 0.6 is 11.6 Å². The summed E-state index contributed by atoms with van der Waals surface area (Å²) in [7, 11) is 0. The van der Waals surface area contributed by atoms with E-state index in [9.17, 15) is 19.1 Å². The topological polar surface area (TPSA) is 92.4 Å². The maximum absolute atomic E-state index is 14.1. The van der Waals surface area contributed by atoms with Gasteiger partial charge in [-0.15, -0.1) is 0 Å². The van der Waals surface area contributed by atoms with Gasteiger partial charge in [-0.2, -0.15) is 5.10 Å². The summed E-state index contributed by atoms with van der Waals surface area (Å²) in [6, 6.07) is 8.59. The summed E-state index contributed by atoms with van der Waals surface area (Å²) in [6.07, 6.45) is 2.24. The van der Waals surface area contributed by atoms with E-state index in [0.717, 1.165) is 6.08 Å². The highest BCUT2D eigenvalue weighted by molar-refractivity contribution is 6.30. The molecular formula is C18H12ClFN2O4. The molecule has 3 aromatic rings. The predicted molar refractivity (Wildman–Crippen MR) is 93.9 cm³/mol. The largest absolute Gasteiger partial charge is 0.478 e. The lowest BCUT2D eigenvalue weighted by atomic mass is 10.1. The van der Waals surface area contributed by atoms with E-state index in [-0.39, 0.29) is 17.1 Å². The zero-order chi connectivity index (χ0) is 18.8. The Balaban J connectivity index is 2.14. The second-order valence-electron chi connectivity index (χ2n) is 5.49. The van der Waals surface area contributed by atoms with Crippen LogP contribution in [-0.2, 0) is 11.3 Å². The lowest BCUT2D eigenvalue weighted by Gasteiger charge is -2.06. The molecule has 0 amide bonds. The Morgan fingerprint density at radius 2 is 1.96 bits per heavy atom. The number of aromatic nitrogens is 2. The van der Waals surface area contributed by atoms with Crippen molar-refractivity contribution in [2.75, 3.05) is 0 Å². The van der Waals surface area contributed by atoms with Crippen molar-refractivity contribution < 1.29 is 24.2 Å². The molecule has 0 unspecified atom stereocenters. The van der Waals surface area contributed by atoms with Gasteiger partial charge in [-0.05, 0) is 36.4 Å². The van der Waals surface area contributed by atoms with Crippen LogP contribution in [0.5, 0.6) is 0 Å². The lowest BCUT2D eigenvalue weighted by molar-refractivity contribution is -0.131. The highest BCUT2D eigenvalue weighted by Crippen LogP contribution is 2.24. The molecule has 2 N–H and O–H groups in total.